The van der Waals surface area contributed by atoms with Gasteiger partial charge in [-0.3, -0.25) is 0 Å². The van der Waals surface area contributed by atoms with Crippen LogP contribution in [0, 0.1) is 0 Å². The van der Waals surface area contributed by atoms with Crippen molar-refractivity contribution < 1.29 is 18.3 Å². The van der Waals surface area contributed by atoms with Gasteiger partial charge in [-0.25, -0.2) is 13.1 Å². The molecule has 0 unspecified atom stereocenters. The Hall–Kier alpha value is -0.950. The fourth-order valence-electron chi connectivity index (χ4n) is 1.74. The number of aliphatic hydroxyl groups excluding tert-OH is 1. The molecule has 0 amide bonds. The first-order valence-electron chi connectivity index (χ1n) is 6.81. The highest BCUT2D eigenvalue weighted by Crippen LogP contribution is 2.08. The second kappa shape index (κ2) is 9.07. The number of hydrogen-bond acceptors (Lipinski definition) is 4. The van der Waals surface area contributed by atoms with Crippen molar-refractivity contribution in [3.8, 4) is 0 Å². The van der Waals surface area contributed by atoms with Crippen molar-refractivity contribution in [1.29, 1.82) is 0 Å². The molecule has 0 fully saturated rings. The van der Waals surface area contributed by atoms with Gasteiger partial charge in [0.1, 0.15) is 0 Å². The molecule has 1 rings (SSSR count). The van der Waals surface area contributed by atoms with Gasteiger partial charge in [0.25, 0.3) is 0 Å². The molecular formula is C14H23NO4S. The van der Waals surface area contributed by atoms with Crippen molar-refractivity contribution in [1.82, 2.24) is 4.72 Å². The Morgan fingerprint density at radius 1 is 1.25 bits per heavy atom. The van der Waals surface area contributed by atoms with E-state index in [2.05, 4.69) is 4.72 Å². The lowest BCUT2D eigenvalue weighted by Crippen LogP contribution is -2.27. The lowest BCUT2D eigenvalue weighted by molar-refractivity contribution is 0.133. The highest BCUT2D eigenvalue weighted by molar-refractivity contribution is 7.88. The number of ether oxygens (including phenoxy) is 1. The maximum atomic E-state index is 11.9. The van der Waals surface area contributed by atoms with Crippen LogP contribution >= 0.6 is 0 Å². The SMILES string of the molecule is CCCOCCCNS(=O)(=O)Cc1cccc(CO)c1. The van der Waals surface area contributed by atoms with Gasteiger partial charge in [0.15, 0.2) is 0 Å². The first kappa shape index (κ1) is 17.1. The van der Waals surface area contributed by atoms with Crippen LogP contribution in [0.25, 0.3) is 0 Å². The second-order valence-corrected chi connectivity index (χ2v) is 6.40. The zero-order valence-corrected chi connectivity index (χ0v) is 12.7. The highest BCUT2D eigenvalue weighted by atomic mass is 32.2. The summed E-state index contributed by atoms with van der Waals surface area (Å²) in [5.41, 5.74) is 1.39. The first-order valence-corrected chi connectivity index (χ1v) is 8.46. The standard InChI is InChI=1S/C14H23NO4S/c1-2-8-19-9-4-7-15-20(17,18)12-14-6-3-5-13(10-14)11-16/h3,5-6,10,15-16H,2,4,7-9,11-12H2,1H3. The van der Waals surface area contributed by atoms with Gasteiger partial charge in [-0.05, 0) is 24.0 Å². The van der Waals surface area contributed by atoms with Crippen molar-refractivity contribution in [3.63, 3.8) is 0 Å². The summed E-state index contributed by atoms with van der Waals surface area (Å²) in [6.45, 7) is 3.60. The fraction of sp³-hybridized carbons (Fsp3) is 0.571. The molecule has 0 aromatic heterocycles. The predicted molar refractivity (Wildman–Crippen MR) is 78.7 cm³/mol. The molecule has 0 aliphatic carbocycles. The van der Waals surface area contributed by atoms with E-state index >= 15 is 0 Å². The Labute approximate surface area is 121 Å². The molecule has 6 heteroatoms. The molecule has 20 heavy (non-hydrogen) atoms. The van der Waals surface area contributed by atoms with Crippen LogP contribution in [0.5, 0.6) is 0 Å². The third kappa shape index (κ3) is 7.00. The molecule has 114 valence electrons. The van der Waals surface area contributed by atoms with Gasteiger partial charge in [-0.15, -0.1) is 0 Å². The van der Waals surface area contributed by atoms with E-state index in [-0.39, 0.29) is 12.4 Å². The lowest BCUT2D eigenvalue weighted by Gasteiger charge is -2.08. The number of benzene rings is 1. The number of rotatable bonds is 10. The van der Waals surface area contributed by atoms with Crippen molar-refractivity contribution in [2.24, 2.45) is 0 Å². The normalized spacial score (nSPS) is 11.7. The van der Waals surface area contributed by atoms with Gasteiger partial charge in [0, 0.05) is 19.8 Å². The minimum absolute atomic E-state index is 0.0728. The van der Waals surface area contributed by atoms with Crippen LogP contribution in [-0.4, -0.2) is 33.3 Å². The fourth-order valence-corrected chi connectivity index (χ4v) is 2.91. The minimum atomic E-state index is -3.34. The maximum absolute atomic E-state index is 11.9. The summed E-state index contributed by atoms with van der Waals surface area (Å²) < 4.78 is 31.6. The zero-order chi connectivity index (χ0) is 14.8. The van der Waals surface area contributed by atoms with E-state index in [0.717, 1.165) is 6.42 Å². The van der Waals surface area contributed by atoms with Crippen molar-refractivity contribution in [3.05, 3.63) is 35.4 Å². The summed E-state index contributed by atoms with van der Waals surface area (Å²) in [4.78, 5) is 0. The average molecular weight is 301 g/mol. The van der Waals surface area contributed by atoms with E-state index in [4.69, 9.17) is 9.84 Å². The Morgan fingerprint density at radius 2 is 2.00 bits per heavy atom. The Balaban J connectivity index is 2.37. The van der Waals surface area contributed by atoms with Gasteiger partial charge in [0.2, 0.25) is 10.0 Å². The largest absolute Gasteiger partial charge is 0.392 e. The number of nitrogens with one attached hydrogen (secondary N) is 1. The van der Waals surface area contributed by atoms with Gasteiger partial charge >= 0.3 is 0 Å². The Morgan fingerprint density at radius 3 is 2.70 bits per heavy atom. The molecular weight excluding hydrogens is 278 g/mol. The van der Waals surface area contributed by atoms with E-state index in [1.54, 1.807) is 24.3 Å². The van der Waals surface area contributed by atoms with Gasteiger partial charge in [-0.2, -0.15) is 0 Å². The summed E-state index contributed by atoms with van der Waals surface area (Å²) in [6, 6.07) is 6.94. The molecule has 0 saturated heterocycles. The average Bonchev–Trinajstić information content (AvgIpc) is 2.42. The third-order valence-electron chi connectivity index (χ3n) is 2.67. The van der Waals surface area contributed by atoms with E-state index in [1.807, 2.05) is 6.92 Å². The smallest absolute Gasteiger partial charge is 0.215 e. The van der Waals surface area contributed by atoms with Crippen molar-refractivity contribution in [2.45, 2.75) is 32.1 Å². The van der Waals surface area contributed by atoms with Gasteiger partial charge < -0.3 is 9.84 Å². The monoisotopic (exact) mass is 301 g/mol. The molecule has 0 bridgehead atoms. The van der Waals surface area contributed by atoms with Gasteiger partial charge in [0.05, 0.1) is 12.4 Å². The van der Waals surface area contributed by atoms with Crippen LogP contribution in [-0.2, 0) is 27.1 Å². The maximum Gasteiger partial charge on any atom is 0.215 e. The van der Waals surface area contributed by atoms with Crippen molar-refractivity contribution in [2.75, 3.05) is 19.8 Å². The summed E-state index contributed by atoms with van der Waals surface area (Å²) >= 11 is 0. The summed E-state index contributed by atoms with van der Waals surface area (Å²) in [5.74, 6) is -0.0728. The molecule has 1 aromatic rings. The van der Waals surface area contributed by atoms with E-state index in [0.29, 0.717) is 37.3 Å². The molecule has 0 aliphatic rings. The first-order chi connectivity index (χ1) is 9.57. The van der Waals surface area contributed by atoms with Crippen LogP contribution in [0.4, 0.5) is 0 Å². The summed E-state index contributed by atoms with van der Waals surface area (Å²) in [7, 11) is -3.34. The van der Waals surface area contributed by atoms with E-state index in [1.165, 1.54) is 0 Å². The molecule has 5 nitrogen and oxygen atoms in total. The molecule has 0 atom stereocenters. The highest BCUT2D eigenvalue weighted by Gasteiger charge is 2.10. The molecule has 0 saturated carbocycles. The number of hydrogen-bond donors (Lipinski definition) is 2. The summed E-state index contributed by atoms with van der Waals surface area (Å²) in [5, 5.41) is 9.03. The Bertz CT molecular complexity index is 488. The minimum Gasteiger partial charge on any atom is -0.392 e. The molecule has 0 heterocycles. The molecule has 0 radical (unpaired) electrons. The topological polar surface area (TPSA) is 75.6 Å². The van der Waals surface area contributed by atoms with Gasteiger partial charge in [-0.1, -0.05) is 31.2 Å². The van der Waals surface area contributed by atoms with Crippen LogP contribution in [0.3, 0.4) is 0 Å². The number of sulfonamides is 1. The van der Waals surface area contributed by atoms with Crippen LogP contribution in [0.15, 0.2) is 24.3 Å². The molecule has 1 aromatic carbocycles. The van der Waals surface area contributed by atoms with E-state index in [9.17, 15) is 8.42 Å². The molecule has 0 aliphatic heterocycles. The number of aliphatic hydroxyl groups is 1. The van der Waals surface area contributed by atoms with Crippen molar-refractivity contribution >= 4 is 10.0 Å². The predicted octanol–water partition coefficient (Wildman–Crippen LogP) is 1.41. The van der Waals surface area contributed by atoms with E-state index < -0.39 is 10.0 Å². The van der Waals surface area contributed by atoms with Crippen LogP contribution in [0.1, 0.15) is 30.9 Å². The third-order valence-corrected chi connectivity index (χ3v) is 4.02. The van der Waals surface area contributed by atoms with Crippen LogP contribution < -0.4 is 4.72 Å². The quantitative estimate of drug-likeness (QED) is 0.641. The summed E-state index contributed by atoms with van der Waals surface area (Å²) in [6.07, 6.45) is 1.63. The lowest BCUT2D eigenvalue weighted by atomic mass is 10.1. The van der Waals surface area contributed by atoms with Crippen LogP contribution in [0.2, 0.25) is 0 Å². The zero-order valence-electron chi connectivity index (χ0n) is 11.8. The Kier molecular flexibility index (Phi) is 7.76. The second-order valence-electron chi connectivity index (χ2n) is 4.60. The molecule has 0 spiro atoms. The molecule has 2 N–H and O–H groups in total.